The Hall–Kier alpha value is -1.44. The Kier molecular flexibility index (Phi) is 8.05. The molecule has 0 radical (unpaired) electrons. The Labute approximate surface area is 160 Å². The van der Waals surface area contributed by atoms with Gasteiger partial charge >= 0.3 is 11.9 Å². The van der Waals surface area contributed by atoms with Gasteiger partial charge in [0, 0.05) is 12.1 Å². The van der Waals surface area contributed by atoms with Crippen LogP contribution in [-0.4, -0.2) is 36.2 Å². The number of thiol groups is 1. The molecule has 25 heavy (non-hydrogen) atoms. The first kappa shape index (κ1) is 21.6. The van der Waals surface area contributed by atoms with Crippen molar-refractivity contribution in [1.82, 2.24) is 3.89 Å². The Balaban J connectivity index is 3.10. The van der Waals surface area contributed by atoms with Crippen LogP contribution >= 0.6 is 25.0 Å². The van der Waals surface area contributed by atoms with E-state index >= 15 is 0 Å². The second-order valence-electron chi connectivity index (χ2n) is 6.41. The summed E-state index contributed by atoms with van der Waals surface area (Å²) in [5.74, 6) is -1.97. The van der Waals surface area contributed by atoms with Crippen LogP contribution in [0.1, 0.15) is 34.1 Å². The SMILES string of the molecule is CC(C)OC(=O)CC(C(=O)OC(C)C)C(=S)[N+](C)(S)c1ccccc1. The number of benzene rings is 1. The van der Waals surface area contributed by atoms with Crippen molar-refractivity contribution >= 4 is 47.6 Å². The molecule has 0 heterocycles. The summed E-state index contributed by atoms with van der Waals surface area (Å²) in [5, 5.41) is 0. The van der Waals surface area contributed by atoms with Gasteiger partial charge in [0.2, 0.25) is 4.99 Å². The Morgan fingerprint density at radius 2 is 1.60 bits per heavy atom. The molecule has 0 aliphatic heterocycles. The highest BCUT2D eigenvalue weighted by Crippen LogP contribution is 2.29. The highest BCUT2D eigenvalue weighted by Gasteiger charge is 2.41. The fourth-order valence-electron chi connectivity index (χ4n) is 2.21. The van der Waals surface area contributed by atoms with Crippen molar-refractivity contribution in [2.45, 2.75) is 46.3 Å². The molecule has 1 aromatic rings. The smallest absolute Gasteiger partial charge is 0.320 e. The third-order valence-electron chi connectivity index (χ3n) is 3.36. The summed E-state index contributed by atoms with van der Waals surface area (Å²) >= 11 is 10.2. The van der Waals surface area contributed by atoms with E-state index in [9.17, 15) is 9.59 Å². The Morgan fingerprint density at radius 3 is 2.08 bits per heavy atom. The maximum Gasteiger partial charge on any atom is 0.320 e. The molecule has 0 amide bonds. The molecule has 0 N–H and O–H groups in total. The summed E-state index contributed by atoms with van der Waals surface area (Å²) in [7, 11) is 1.75. The van der Waals surface area contributed by atoms with Gasteiger partial charge in [-0.25, -0.2) is 0 Å². The van der Waals surface area contributed by atoms with E-state index in [1.165, 1.54) is 0 Å². The highest BCUT2D eigenvalue weighted by atomic mass is 32.1. The van der Waals surface area contributed by atoms with Crippen LogP contribution in [0.2, 0.25) is 0 Å². The summed E-state index contributed by atoms with van der Waals surface area (Å²) < 4.78 is 10.4. The number of rotatable bonds is 7. The maximum absolute atomic E-state index is 12.5. The molecule has 1 rings (SSSR count). The number of quaternary nitrogens is 1. The molecule has 0 saturated carbocycles. The number of carbonyl (C=O) groups is 2. The minimum Gasteiger partial charge on any atom is -0.463 e. The van der Waals surface area contributed by atoms with E-state index in [1.807, 2.05) is 30.3 Å². The molecule has 2 atom stereocenters. The van der Waals surface area contributed by atoms with E-state index < -0.39 is 17.9 Å². The second-order valence-corrected chi connectivity index (χ2v) is 7.63. The van der Waals surface area contributed by atoms with Gasteiger partial charge in [0.25, 0.3) is 0 Å². The van der Waals surface area contributed by atoms with Gasteiger partial charge in [-0.2, -0.15) is 3.89 Å². The minimum atomic E-state index is -0.925. The van der Waals surface area contributed by atoms with E-state index in [1.54, 1.807) is 34.7 Å². The quantitative estimate of drug-likeness (QED) is 0.336. The summed E-state index contributed by atoms with van der Waals surface area (Å²) in [6.45, 7) is 6.99. The van der Waals surface area contributed by atoms with Gasteiger partial charge in [-0.15, -0.1) is 0 Å². The number of hydrogen-bond donors (Lipinski definition) is 1. The zero-order valence-electron chi connectivity index (χ0n) is 15.3. The Morgan fingerprint density at radius 1 is 1.08 bits per heavy atom. The van der Waals surface area contributed by atoms with Gasteiger partial charge in [0.15, 0.2) is 5.92 Å². The molecule has 5 nitrogen and oxygen atoms in total. The minimum absolute atomic E-state index is 0.108. The first-order valence-corrected chi connectivity index (χ1v) is 8.95. The molecule has 0 saturated heterocycles. The van der Waals surface area contributed by atoms with Gasteiger partial charge < -0.3 is 9.47 Å². The molecule has 7 heteroatoms. The molecule has 0 fully saturated rings. The lowest BCUT2D eigenvalue weighted by Crippen LogP contribution is -2.47. The molecule has 0 aliphatic carbocycles. The van der Waals surface area contributed by atoms with Crippen LogP contribution in [0.5, 0.6) is 0 Å². The van der Waals surface area contributed by atoms with Crippen LogP contribution in [0.4, 0.5) is 5.69 Å². The fourth-order valence-corrected chi connectivity index (χ4v) is 2.77. The van der Waals surface area contributed by atoms with Gasteiger partial charge in [0.1, 0.15) is 5.69 Å². The Bertz CT molecular complexity index is 615. The molecular formula is C18H26NO4S2+. The number of para-hydroxylation sites is 1. The maximum atomic E-state index is 12.5. The lowest BCUT2D eigenvalue weighted by Gasteiger charge is -2.30. The van der Waals surface area contributed by atoms with Crippen molar-refractivity contribution in [3.05, 3.63) is 30.3 Å². The summed E-state index contributed by atoms with van der Waals surface area (Å²) in [4.78, 5) is 24.9. The van der Waals surface area contributed by atoms with E-state index in [0.29, 0.717) is 0 Å². The number of ether oxygens (including phenoxy) is 2. The average molecular weight is 385 g/mol. The predicted octanol–water partition coefficient (Wildman–Crippen LogP) is 3.71. The molecule has 2 unspecified atom stereocenters. The molecule has 138 valence electrons. The number of nitrogens with zero attached hydrogens (tertiary/aromatic N) is 1. The van der Waals surface area contributed by atoms with Gasteiger partial charge in [-0.3, -0.25) is 9.59 Å². The molecule has 0 aromatic heterocycles. The van der Waals surface area contributed by atoms with Crippen molar-refractivity contribution < 1.29 is 19.1 Å². The number of carbonyl (C=O) groups excluding carboxylic acids is 2. The van der Waals surface area contributed by atoms with Crippen LogP contribution in [-0.2, 0) is 19.1 Å². The molecule has 0 spiro atoms. The molecular weight excluding hydrogens is 358 g/mol. The standard InChI is InChI=1S/C18H26NO4S2/c1-12(2)22-16(20)11-15(18(21)23-13(3)4)17(24)19(5,25)14-9-7-6-8-10-14/h6-10,12-13,15,25H,11H2,1-5H3/q+1. The predicted molar refractivity (Wildman–Crippen MR) is 106 cm³/mol. The second kappa shape index (κ2) is 9.31. The van der Waals surface area contributed by atoms with Crippen LogP contribution in [0.25, 0.3) is 0 Å². The van der Waals surface area contributed by atoms with Crippen molar-refractivity contribution in [1.29, 1.82) is 0 Å². The van der Waals surface area contributed by atoms with E-state index in [4.69, 9.17) is 21.7 Å². The van der Waals surface area contributed by atoms with Crippen LogP contribution in [0, 0.1) is 5.92 Å². The highest BCUT2D eigenvalue weighted by molar-refractivity contribution is 7.85. The van der Waals surface area contributed by atoms with Crippen LogP contribution in [0.3, 0.4) is 0 Å². The largest absolute Gasteiger partial charge is 0.463 e. The lowest BCUT2D eigenvalue weighted by molar-refractivity contribution is -0.156. The van der Waals surface area contributed by atoms with Crippen molar-refractivity contribution in [2.75, 3.05) is 7.05 Å². The lowest BCUT2D eigenvalue weighted by atomic mass is 10.0. The van der Waals surface area contributed by atoms with Crippen LogP contribution < -0.4 is 3.89 Å². The zero-order chi connectivity index (χ0) is 19.2. The first-order chi connectivity index (χ1) is 11.6. The van der Waals surface area contributed by atoms with E-state index in [0.717, 1.165) is 5.69 Å². The van der Waals surface area contributed by atoms with Crippen molar-refractivity contribution in [3.8, 4) is 0 Å². The third kappa shape index (κ3) is 6.41. The number of esters is 2. The number of thiocarbonyl (C=S) groups is 1. The summed E-state index contributed by atoms with van der Waals surface area (Å²) in [6, 6.07) is 9.32. The first-order valence-electron chi connectivity index (χ1n) is 8.15. The third-order valence-corrected chi connectivity index (χ3v) is 4.59. The summed E-state index contributed by atoms with van der Waals surface area (Å²) in [5.41, 5.74) is 0.787. The monoisotopic (exact) mass is 384 g/mol. The zero-order valence-corrected chi connectivity index (χ0v) is 17.0. The average Bonchev–Trinajstić information content (AvgIpc) is 2.51. The summed E-state index contributed by atoms with van der Waals surface area (Å²) in [6.07, 6.45) is -0.757. The number of hydrogen-bond acceptors (Lipinski definition) is 6. The topological polar surface area (TPSA) is 52.6 Å². The van der Waals surface area contributed by atoms with Gasteiger partial charge in [0.05, 0.1) is 38.5 Å². The molecule has 0 aliphatic rings. The normalized spacial score (nSPS) is 14.7. The van der Waals surface area contributed by atoms with Gasteiger partial charge in [-0.05, 0) is 39.9 Å². The molecule has 1 aromatic carbocycles. The van der Waals surface area contributed by atoms with E-state index in [-0.39, 0.29) is 27.5 Å². The fraction of sp³-hybridized carbons (Fsp3) is 0.500. The van der Waals surface area contributed by atoms with Crippen LogP contribution in [0.15, 0.2) is 30.3 Å². The van der Waals surface area contributed by atoms with Crippen molar-refractivity contribution in [2.24, 2.45) is 5.92 Å². The van der Waals surface area contributed by atoms with E-state index in [2.05, 4.69) is 12.8 Å². The molecule has 0 bridgehead atoms. The van der Waals surface area contributed by atoms with Crippen molar-refractivity contribution in [3.63, 3.8) is 0 Å². The van der Waals surface area contributed by atoms with Gasteiger partial charge in [-0.1, -0.05) is 18.2 Å².